The zero-order valence-electron chi connectivity index (χ0n) is 15.5. The Kier molecular flexibility index (Phi) is 9.22. The Hall–Kier alpha value is -2.67. The number of carbonyl (C=O) groups is 1. The highest BCUT2D eigenvalue weighted by atomic mass is 35.5. The minimum absolute atomic E-state index is 0. The van der Waals surface area contributed by atoms with Gasteiger partial charge in [-0.15, -0.1) is 12.4 Å². The number of methoxy groups -OCH3 is 2. The van der Waals surface area contributed by atoms with Gasteiger partial charge in [-0.3, -0.25) is 0 Å². The summed E-state index contributed by atoms with van der Waals surface area (Å²) < 4.78 is 29.0. The summed E-state index contributed by atoms with van der Waals surface area (Å²) in [7, 11) is 3.15. The number of carbonyl (C=O) groups excluding carboxylic acids is 1. The summed E-state index contributed by atoms with van der Waals surface area (Å²) in [4.78, 5) is 12.0. The normalized spacial score (nSPS) is 11.0. The smallest absolute Gasteiger partial charge is 0.315 e. The van der Waals surface area contributed by atoms with Crippen molar-refractivity contribution >= 4 is 18.4 Å². The predicted molar refractivity (Wildman–Crippen MR) is 104 cm³/mol. The number of halogens is 2. The summed E-state index contributed by atoms with van der Waals surface area (Å²) in [6.07, 6.45) is 0. The van der Waals surface area contributed by atoms with Gasteiger partial charge in [0.2, 0.25) is 0 Å². The molecule has 0 bridgehead atoms. The molecule has 0 saturated heterocycles. The lowest BCUT2D eigenvalue weighted by molar-refractivity contribution is 0.233. The molecule has 0 aliphatic heterocycles. The molecule has 2 rings (SSSR count). The van der Waals surface area contributed by atoms with Crippen molar-refractivity contribution in [3.63, 3.8) is 0 Å². The van der Waals surface area contributed by atoms with Gasteiger partial charge in [0.05, 0.1) is 26.8 Å². The quantitative estimate of drug-likeness (QED) is 0.665. The average Bonchev–Trinajstić information content (AvgIpc) is 2.64. The molecule has 1 atom stereocenters. The highest BCUT2D eigenvalue weighted by Crippen LogP contribution is 2.29. The molecule has 0 spiro atoms. The molecule has 6 nitrogen and oxygen atoms in total. The Bertz CT molecular complexity index is 745. The summed E-state index contributed by atoms with van der Waals surface area (Å²) in [5, 5.41) is 5.52. The standard InChI is InChI=1S/C19H23FN2O4.ClH/c1-13(17-12-15(24-2)7-8-18(17)25-3)22-19(23)21-9-10-26-16-6-4-5-14(20)11-16;/h4-8,11-13H,9-10H2,1-3H3,(H2,21,22,23);1H. The van der Waals surface area contributed by atoms with E-state index in [9.17, 15) is 9.18 Å². The third-order valence-corrected chi connectivity index (χ3v) is 3.70. The Morgan fingerprint density at radius 2 is 1.89 bits per heavy atom. The first kappa shape index (κ1) is 22.4. The third-order valence-electron chi connectivity index (χ3n) is 3.70. The van der Waals surface area contributed by atoms with Gasteiger partial charge < -0.3 is 24.8 Å². The topological polar surface area (TPSA) is 68.8 Å². The minimum Gasteiger partial charge on any atom is -0.497 e. The number of rotatable bonds is 8. The van der Waals surface area contributed by atoms with Crippen LogP contribution in [0.4, 0.5) is 9.18 Å². The van der Waals surface area contributed by atoms with Crippen molar-refractivity contribution in [2.24, 2.45) is 0 Å². The van der Waals surface area contributed by atoms with E-state index in [2.05, 4.69) is 10.6 Å². The second-order valence-corrected chi connectivity index (χ2v) is 5.54. The summed E-state index contributed by atoms with van der Waals surface area (Å²) >= 11 is 0. The molecule has 2 aromatic rings. The summed E-state index contributed by atoms with van der Waals surface area (Å²) in [5.74, 6) is 1.39. The van der Waals surface area contributed by atoms with Crippen LogP contribution in [0.25, 0.3) is 0 Å². The highest BCUT2D eigenvalue weighted by Gasteiger charge is 2.15. The first-order chi connectivity index (χ1) is 12.5. The van der Waals surface area contributed by atoms with Crippen LogP contribution in [0.15, 0.2) is 42.5 Å². The van der Waals surface area contributed by atoms with Crippen molar-refractivity contribution in [2.45, 2.75) is 13.0 Å². The molecule has 0 aliphatic rings. The summed E-state index contributed by atoms with van der Waals surface area (Å²) in [6.45, 7) is 2.36. The third kappa shape index (κ3) is 6.86. The van der Waals surface area contributed by atoms with E-state index in [1.807, 2.05) is 13.0 Å². The highest BCUT2D eigenvalue weighted by molar-refractivity contribution is 5.85. The number of hydrogen-bond donors (Lipinski definition) is 2. The van der Waals surface area contributed by atoms with E-state index in [0.717, 1.165) is 5.56 Å². The number of hydrogen-bond acceptors (Lipinski definition) is 4. The van der Waals surface area contributed by atoms with E-state index >= 15 is 0 Å². The van der Waals surface area contributed by atoms with E-state index < -0.39 is 0 Å². The van der Waals surface area contributed by atoms with Gasteiger partial charge in [0.25, 0.3) is 0 Å². The number of amides is 2. The zero-order valence-corrected chi connectivity index (χ0v) is 16.3. The largest absolute Gasteiger partial charge is 0.497 e. The van der Waals surface area contributed by atoms with Crippen molar-refractivity contribution in [2.75, 3.05) is 27.4 Å². The maximum atomic E-state index is 13.0. The fraction of sp³-hybridized carbons (Fsp3) is 0.316. The van der Waals surface area contributed by atoms with Crippen LogP contribution < -0.4 is 24.8 Å². The van der Waals surface area contributed by atoms with E-state index in [-0.39, 0.29) is 43.4 Å². The maximum absolute atomic E-state index is 13.0. The molecule has 0 fully saturated rings. The van der Waals surface area contributed by atoms with E-state index in [1.165, 1.54) is 12.1 Å². The van der Waals surface area contributed by atoms with Crippen LogP contribution in [0, 0.1) is 5.82 Å². The van der Waals surface area contributed by atoms with Gasteiger partial charge in [0.15, 0.2) is 0 Å². The maximum Gasteiger partial charge on any atom is 0.315 e. The average molecular weight is 399 g/mol. The van der Waals surface area contributed by atoms with Gasteiger partial charge in [0.1, 0.15) is 29.7 Å². The molecule has 8 heteroatoms. The van der Waals surface area contributed by atoms with Crippen LogP contribution in [0.1, 0.15) is 18.5 Å². The minimum atomic E-state index is -0.366. The number of urea groups is 1. The van der Waals surface area contributed by atoms with Crippen molar-refractivity contribution in [1.29, 1.82) is 0 Å². The van der Waals surface area contributed by atoms with Crippen molar-refractivity contribution < 1.29 is 23.4 Å². The number of ether oxygens (including phenoxy) is 3. The molecule has 2 amide bonds. The second kappa shape index (κ2) is 11.1. The molecule has 2 N–H and O–H groups in total. The molecule has 1 unspecified atom stereocenters. The Morgan fingerprint density at radius 3 is 2.56 bits per heavy atom. The SMILES string of the molecule is COc1ccc(OC)c(C(C)NC(=O)NCCOc2cccc(F)c2)c1.Cl. The van der Waals surface area contributed by atoms with Gasteiger partial charge in [-0.05, 0) is 37.3 Å². The molecule has 0 aromatic heterocycles. The lowest BCUT2D eigenvalue weighted by Crippen LogP contribution is -2.39. The van der Waals surface area contributed by atoms with E-state index in [1.54, 1.807) is 38.5 Å². The number of benzene rings is 2. The first-order valence-corrected chi connectivity index (χ1v) is 8.18. The van der Waals surface area contributed by atoms with Crippen molar-refractivity contribution in [3.05, 3.63) is 53.8 Å². The first-order valence-electron chi connectivity index (χ1n) is 8.18. The Balaban J connectivity index is 0.00000364. The number of nitrogens with one attached hydrogen (secondary N) is 2. The van der Waals surface area contributed by atoms with Crippen molar-refractivity contribution in [3.8, 4) is 17.2 Å². The monoisotopic (exact) mass is 398 g/mol. The van der Waals surface area contributed by atoms with E-state index in [0.29, 0.717) is 17.2 Å². The molecule has 0 radical (unpaired) electrons. The molecule has 0 heterocycles. The van der Waals surface area contributed by atoms with Gasteiger partial charge >= 0.3 is 6.03 Å². The van der Waals surface area contributed by atoms with Gasteiger partial charge in [-0.2, -0.15) is 0 Å². The fourth-order valence-corrected chi connectivity index (χ4v) is 2.39. The Labute approximate surface area is 164 Å². The second-order valence-electron chi connectivity index (χ2n) is 5.54. The lowest BCUT2D eigenvalue weighted by Gasteiger charge is -2.18. The van der Waals surface area contributed by atoms with Crippen LogP contribution in [-0.4, -0.2) is 33.4 Å². The van der Waals surface area contributed by atoms with E-state index in [4.69, 9.17) is 14.2 Å². The Morgan fingerprint density at radius 1 is 1.11 bits per heavy atom. The fourth-order valence-electron chi connectivity index (χ4n) is 2.39. The van der Waals surface area contributed by atoms with Crippen LogP contribution in [0.5, 0.6) is 17.2 Å². The van der Waals surface area contributed by atoms with Crippen LogP contribution in [0.2, 0.25) is 0 Å². The van der Waals surface area contributed by atoms with Gasteiger partial charge in [-0.25, -0.2) is 9.18 Å². The summed E-state index contributed by atoms with van der Waals surface area (Å²) in [6, 6.07) is 10.6. The van der Waals surface area contributed by atoms with Gasteiger partial charge in [-0.1, -0.05) is 6.07 Å². The molecule has 148 valence electrons. The molecule has 27 heavy (non-hydrogen) atoms. The summed E-state index contributed by atoms with van der Waals surface area (Å²) in [5.41, 5.74) is 0.804. The van der Waals surface area contributed by atoms with Crippen LogP contribution in [0.3, 0.4) is 0 Å². The van der Waals surface area contributed by atoms with Crippen molar-refractivity contribution in [1.82, 2.24) is 10.6 Å². The molecular weight excluding hydrogens is 375 g/mol. The molecule has 0 saturated carbocycles. The van der Waals surface area contributed by atoms with Gasteiger partial charge in [0, 0.05) is 11.6 Å². The van der Waals surface area contributed by atoms with Crippen LogP contribution >= 0.6 is 12.4 Å². The molecular formula is C19H24ClFN2O4. The predicted octanol–water partition coefficient (Wildman–Crippen LogP) is 3.70. The molecule has 0 aliphatic carbocycles. The van der Waals surface area contributed by atoms with Crippen LogP contribution in [-0.2, 0) is 0 Å². The lowest BCUT2D eigenvalue weighted by atomic mass is 10.1. The zero-order chi connectivity index (χ0) is 18.9. The molecule has 2 aromatic carbocycles.